The molecule has 2 aromatic rings. The lowest BCUT2D eigenvalue weighted by Crippen LogP contribution is -2.05. The zero-order valence-corrected chi connectivity index (χ0v) is 9.27. The maximum atomic E-state index is 10.7. The first-order valence-corrected chi connectivity index (χ1v) is 5.39. The van der Waals surface area contributed by atoms with E-state index in [1.165, 1.54) is 17.7 Å². The quantitative estimate of drug-likeness (QED) is 0.643. The van der Waals surface area contributed by atoms with Crippen LogP contribution in [0.4, 0.5) is 11.6 Å². The topological polar surface area (TPSA) is 85.9 Å². The van der Waals surface area contributed by atoms with Gasteiger partial charge in [-0.1, -0.05) is 0 Å². The number of nitrogens with zero attached hydrogens (tertiary/aromatic N) is 4. The highest BCUT2D eigenvalue weighted by molar-refractivity contribution is 7.07. The van der Waals surface area contributed by atoms with Crippen molar-refractivity contribution in [1.29, 1.82) is 0 Å². The van der Waals surface area contributed by atoms with E-state index in [-0.39, 0.29) is 5.82 Å². The number of anilines is 1. The average Bonchev–Trinajstić information content (AvgIpc) is 2.84. The largest absolute Gasteiger partial charge is 0.406 e. The monoisotopic (exact) mass is 239 g/mol. The Morgan fingerprint density at radius 3 is 3.06 bits per heavy atom. The van der Waals surface area contributed by atoms with E-state index < -0.39 is 4.92 Å². The summed E-state index contributed by atoms with van der Waals surface area (Å²) in [6, 6.07) is 0. The molecule has 0 spiro atoms. The number of imidazole rings is 1. The van der Waals surface area contributed by atoms with E-state index in [4.69, 9.17) is 0 Å². The molecule has 0 unspecified atom stereocenters. The van der Waals surface area contributed by atoms with E-state index in [1.807, 2.05) is 5.38 Å². The molecule has 0 fully saturated rings. The lowest BCUT2D eigenvalue weighted by molar-refractivity contribution is -0.388. The van der Waals surface area contributed by atoms with Crippen molar-refractivity contribution < 1.29 is 4.92 Å². The molecule has 1 N–H and O–H groups in total. The summed E-state index contributed by atoms with van der Waals surface area (Å²) in [5.74, 6) is 0.218. The first-order valence-electron chi connectivity index (χ1n) is 4.45. The average molecular weight is 239 g/mol. The molecule has 0 saturated heterocycles. The molecule has 0 atom stereocenters. The SMILES string of the molecule is Cn1cnc([N+](=O)[O-])c1NCc1cscn1. The first-order chi connectivity index (χ1) is 7.68. The Morgan fingerprint density at radius 1 is 1.62 bits per heavy atom. The van der Waals surface area contributed by atoms with E-state index >= 15 is 0 Å². The molecular formula is C8H9N5O2S. The van der Waals surface area contributed by atoms with E-state index in [2.05, 4.69) is 15.3 Å². The minimum Gasteiger partial charge on any atom is -0.359 e. The summed E-state index contributed by atoms with van der Waals surface area (Å²) in [6.07, 6.45) is 1.40. The molecule has 0 amide bonds. The Bertz CT molecular complexity index is 493. The smallest absolute Gasteiger partial charge is 0.359 e. The predicted molar refractivity (Wildman–Crippen MR) is 59.3 cm³/mol. The van der Waals surface area contributed by atoms with Crippen LogP contribution in [0.1, 0.15) is 5.69 Å². The van der Waals surface area contributed by atoms with Gasteiger partial charge in [0, 0.05) is 12.4 Å². The number of aryl methyl sites for hydroxylation is 1. The van der Waals surface area contributed by atoms with Crippen LogP contribution in [0.5, 0.6) is 0 Å². The lowest BCUT2D eigenvalue weighted by Gasteiger charge is -2.03. The summed E-state index contributed by atoms with van der Waals surface area (Å²) < 4.78 is 1.57. The molecule has 2 aromatic heterocycles. The van der Waals surface area contributed by atoms with Crippen molar-refractivity contribution in [3.8, 4) is 0 Å². The van der Waals surface area contributed by atoms with Crippen LogP contribution < -0.4 is 5.32 Å². The molecule has 16 heavy (non-hydrogen) atoms. The molecule has 0 aliphatic heterocycles. The second kappa shape index (κ2) is 4.27. The van der Waals surface area contributed by atoms with Gasteiger partial charge in [0.25, 0.3) is 0 Å². The number of hydrogen-bond donors (Lipinski definition) is 1. The lowest BCUT2D eigenvalue weighted by atomic mass is 10.5. The minimum absolute atomic E-state index is 0.169. The van der Waals surface area contributed by atoms with Crippen molar-refractivity contribution in [2.24, 2.45) is 7.05 Å². The molecule has 0 aromatic carbocycles. The Morgan fingerprint density at radius 2 is 2.44 bits per heavy atom. The fourth-order valence-corrected chi connectivity index (χ4v) is 1.81. The van der Waals surface area contributed by atoms with Gasteiger partial charge in [-0.2, -0.15) is 0 Å². The molecule has 2 rings (SSSR count). The van der Waals surface area contributed by atoms with Gasteiger partial charge in [-0.25, -0.2) is 4.98 Å². The van der Waals surface area contributed by atoms with Gasteiger partial charge in [-0.05, 0) is 9.91 Å². The van der Waals surface area contributed by atoms with Crippen LogP contribution >= 0.6 is 11.3 Å². The summed E-state index contributed by atoms with van der Waals surface area (Å²) in [6.45, 7) is 0.448. The van der Waals surface area contributed by atoms with Crippen LogP contribution in [-0.4, -0.2) is 19.5 Å². The van der Waals surface area contributed by atoms with Gasteiger partial charge in [-0.3, -0.25) is 4.57 Å². The standard InChI is InChI=1S/C8H9N5O2S/c1-12-4-10-8(13(14)15)7(12)9-2-6-3-16-5-11-6/h3-5,9H,2H2,1H3. The van der Waals surface area contributed by atoms with Gasteiger partial charge in [-0.15, -0.1) is 11.3 Å². The van der Waals surface area contributed by atoms with Gasteiger partial charge in [0.15, 0.2) is 0 Å². The number of nitro groups is 1. The Kier molecular flexibility index (Phi) is 2.82. The minimum atomic E-state index is -0.511. The summed E-state index contributed by atoms with van der Waals surface area (Å²) in [4.78, 5) is 17.9. The number of rotatable bonds is 4. The highest BCUT2D eigenvalue weighted by atomic mass is 32.1. The summed E-state index contributed by atoms with van der Waals surface area (Å²) in [5, 5.41) is 15.5. The van der Waals surface area contributed by atoms with Crippen LogP contribution in [0.15, 0.2) is 17.2 Å². The molecule has 0 radical (unpaired) electrons. The van der Waals surface area contributed by atoms with Gasteiger partial charge in [0.1, 0.15) is 0 Å². The maximum absolute atomic E-state index is 10.7. The molecule has 2 heterocycles. The van der Waals surface area contributed by atoms with Crippen molar-refractivity contribution in [2.75, 3.05) is 5.32 Å². The van der Waals surface area contributed by atoms with E-state index in [0.717, 1.165) is 5.69 Å². The van der Waals surface area contributed by atoms with E-state index in [1.54, 1.807) is 17.1 Å². The third-order valence-electron chi connectivity index (χ3n) is 2.01. The molecular weight excluding hydrogens is 230 g/mol. The zero-order valence-electron chi connectivity index (χ0n) is 8.45. The third-order valence-corrected chi connectivity index (χ3v) is 2.65. The highest BCUT2D eigenvalue weighted by Crippen LogP contribution is 2.21. The molecule has 0 saturated carbocycles. The van der Waals surface area contributed by atoms with Crippen molar-refractivity contribution in [1.82, 2.24) is 14.5 Å². The number of aromatic nitrogens is 3. The second-order valence-corrected chi connectivity index (χ2v) is 3.84. The molecule has 84 valence electrons. The first kappa shape index (κ1) is 10.6. The molecule has 7 nitrogen and oxygen atoms in total. The van der Waals surface area contributed by atoms with Gasteiger partial charge >= 0.3 is 5.82 Å². The third kappa shape index (κ3) is 2.01. The molecule has 0 aliphatic rings. The van der Waals surface area contributed by atoms with Crippen LogP contribution in [0.2, 0.25) is 0 Å². The highest BCUT2D eigenvalue weighted by Gasteiger charge is 2.19. The second-order valence-electron chi connectivity index (χ2n) is 3.12. The van der Waals surface area contributed by atoms with Crippen molar-refractivity contribution >= 4 is 23.0 Å². The molecule has 8 heteroatoms. The van der Waals surface area contributed by atoms with Crippen molar-refractivity contribution in [2.45, 2.75) is 6.54 Å². The van der Waals surface area contributed by atoms with Crippen LogP contribution in [0.3, 0.4) is 0 Å². The van der Waals surface area contributed by atoms with E-state index in [0.29, 0.717) is 12.4 Å². The normalized spacial score (nSPS) is 10.3. The number of hydrogen-bond acceptors (Lipinski definition) is 6. The zero-order chi connectivity index (χ0) is 11.5. The van der Waals surface area contributed by atoms with Crippen LogP contribution in [0, 0.1) is 10.1 Å². The molecule has 0 aliphatic carbocycles. The fourth-order valence-electron chi connectivity index (χ4n) is 1.25. The Balaban J connectivity index is 2.14. The summed E-state index contributed by atoms with van der Waals surface area (Å²) >= 11 is 1.48. The predicted octanol–water partition coefficient (Wildman–Crippen LogP) is 1.40. The Hall–Kier alpha value is -1.96. The van der Waals surface area contributed by atoms with Gasteiger partial charge in [0.05, 0.1) is 17.7 Å². The Labute approximate surface area is 94.9 Å². The number of thiazole rings is 1. The van der Waals surface area contributed by atoms with Crippen molar-refractivity contribution in [3.63, 3.8) is 0 Å². The van der Waals surface area contributed by atoms with Gasteiger partial charge in [0.2, 0.25) is 12.1 Å². The summed E-state index contributed by atoms with van der Waals surface area (Å²) in [7, 11) is 1.70. The van der Waals surface area contributed by atoms with Crippen LogP contribution in [-0.2, 0) is 13.6 Å². The van der Waals surface area contributed by atoms with E-state index in [9.17, 15) is 10.1 Å². The summed E-state index contributed by atoms with van der Waals surface area (Å²) in [5.41, 5.74) is 2.56. The van der Waals surface area contributed by atoms with Gasteiger partial charge < -0.3 is 15.4 Å². The maximum Gasteiger partial charge on any atom is 0.406 e. The fraction of sp³-hybridized carbons (Fsp3) is 0.250. The van der Waals surface area contributed by atoms with Crippen LogP contribution in [0.25, 0.3) is 0 Å². The number of nitrogens with one attached hydrogen (secondary N) is 1. The van der Waals surface area contributed by atoms with Crippen molar-refractivity contribution in [3.05, 3.63) is 33.0 Å². The molecule has 0 bridgehead atoms.